The number of rotatable bonds is 6. The molecule has 0 atom stereocenters. The summed E-state index contributed by atoms with van der Waals surface area (Å²) >= 11 is 0. The van der Waals surface area contributed by atoms with Crippen molar-refractivity contribution in [2.75, 3.05) is 4.90 Å². The quantitative estimate of drug-likeness (QED) is 0.180. The number of benzene rings is 8. The van der Waals surface area contributed by atoms with Gasteiger partial charge in [0.05, 0.1) is 0 Å². The van der Waals surface area contributed by atoms with Crippen LogP contribution in [0.4, 0.5) is 17.1 Å². The summed E-state index contributed by atoms with van der Waals surface area (Å²) in [7, 11) is 0. The van der Waals surface area contributed by atoms with Gasteiger partial charge in [-0.1, -0.05) is 127 Å². The minimum Gasteiger partial charge on any atom is -0.456 e. The molecule has 0 aliphatic heterocycles. The van der Waals surface area contributed by atoms with Crippen molar-refractivity contribution in [1.29, 1.82) is 0 Å². The van der Waals surface area contributed by atoms with E-state index in [-0.39, 0.29) is 0 Å². The van der Waals surface area contributed by atoms with Crippen LogP contribution < -0.4 is 4.90 Å². The van der Waals surface area contributed by atoms with Gasteiger partial charge in [0.25, 0.3) is 0 Å². The smallest absolute Gasteiger partial charge is 0.136 e. The van der Waals surface area contributed by atoms with Crippen molar-refractivity contribution in [3.05, 3.63) is 176 Å². The topological polar surface area (TPSA) is 16.4 Å². The second kappa shape index (κ2) is 10.8. The molecule has 9 aromatic rings. The predicted molar refractivity (Wildman–Crippen MR) is 193 cm³/mol. The number of furan rings is 1. The summed E-state index contributed by atoms with van der Waals surface area (Å²) in [5.41, 5.74) is 12.4. The molecule has 0 aliphatic rings. The fourth-order valence-electron chi connectivity index (χ4n) is 6.80. The lowest BCUT2D eigenvalue weighted by molar-refractivity contribution is 0.669. The molecule has 1 heterocycles. The maximum absolute atomic E-state index is 6.22. The van der Waals surface area contributed by atoms with E-state index in [0.29, 0.717) is 0 Å². The Morgan fingerprint density at radius 1 is 0.326 bits per heavy atom. The highest BCUT2D eigenvalue weighted by atomic mass is 16.3. The molecule has 0 amide bonds. The Kier molecular flexibility index (Phi) is 6.17. The van der Waals surface area contributed by atoms with Gasteiger partial charge in [-0.05, 0) is 92.7 Å². The molecule has 216 valence electrons. The minimum absolute atomic E-state index is 0.936. The summed E-state index contributed by atoms with van der Waals surface area (Å²) in [6, 6.07) is 62.7. The third-order valence-corrected chi connectivity index (χ3v) is 9.07. The normalized spacial score (nSPS) is 11.5. The average molecular weight is 588 g/mol. The van der Waals surface area contributed by atoms with E-state index < -0.39 is 0 Å². The van der Waals surface area contributed by atoms with Crippen LogP contribution in [-0.2, 0) is 0 Å². The number of anilines is 3. The molecule has 2 nitrogen and oxygen atoms in total. The Morgan fingerprint density at radius 3 is 1.39 bits per heavy atom. The highest BCUT2D eigenvalue weighted by Gasteiger charge is 2.17. The lowest BCUT2D eigenvalue weighted by Gasteiger charge is -2.26. The second-order valence-corrected chi connectivity index (χ2v) is 11.8. The maximum atomic E-state index is 6.22. The van der Waals surface area contributed by atoms with E-state index in [4.69, 9.17) is 4.42 Å². The van der Waals surface area contributed by atoms with Crippen molar-refractivity contribution in [3.63, 3.8) is 0 Å². The maximum Gasteiger partial charge on any atom is 0.136 e. The molecule has 0 saturated heterocycles. The monoisotopic (exact) mass is 587 g/mol. The van der Waals surface area contributed by atoms with Crippen LogP contribution in [0.1, 0.15) is 0 Å². The van der Waals surface area contributed by atoms with Gasteiger partial charge in [0.15, 0.2) is 0 Å². The van der Waals surface area contributed by atoms with Crippen LogP contribution in [0.2, 0.25) is 0 Å². The second-order valence-electron chi connectivity index (χ2n) is 11.8. The fraction of sp³-hybridized carbons (Fsp3) is 0. The molecule has 9 rings (SSSR count). The minimum atomic E-state index is 0.936. The van der Waals surface area contributed by atoms with Crippen LogP contribution in [-0.4, -0.2) is 0 Å². The molecule has 46 heavy (non-hydrogen) atoms. The third-order valence-electron chi connectivity index (χ3n) is 9.07. The van der Waals surface area contributed by atoms with Crippen LogP contribution >= 0.6 is 0 Å². The van der Waals surface area contributed by atoms with E-state index in [1.165, 1.54) is 54.9 Å². The van der Waals surface area contributed by atoms with E-state index in [0.717, 1.165) is 28.2 Å². The summed E-state index contributed by atoms with van der Waals surface area (Å²) in [6.45, 7) is 0. The van der Waals surface area contributed by atoms with Crippen LogP contribution in [0, 0.1) is 0 Å². The first-order valence-corrected chi connectivity index (χ1v) is 15.7. The van der Waals surface area contributed by atoms with Crippen molar-refractivity contribution in [3.8, 4) is 33.4 Å². The summed E-state index contributed by atoms with van der Waals surface area (Å²) in [4.78, 5) is 2.33. The van der Waals surface area contributed by atoms with Crippen molar-refractivity contribution in [2.24, 2.45) is 0 Å². The largest absolute Gasteiger partial charge is 0.456 e. The van der Waals surface area contributed by atoms with Gasteiger partial charge in [0.2, 0.25) is 0 Å². The average Bonchev–Trinajstić information content (AvgIpc) is 3.52. The molecule has 0 fully saturated rings. The SMILES string of the molecule is c1ccc(-c2ccc(N(c3ccc(-c4ccccc4)cc3)c3ccc(-c4ccc5oc6cccc7ccc4c5c76)cc3)cc2)cc1. The van der Waals surface area contributed by atoms with Gasteiger partial charge in [-0.3, -0.25) is 0 Å². The van der Waals surface area contributed by atoms with Crippen LogP contribution in [0.3, 0.4) is 0 Å². The Morgan fingerprint density at radius 2 is 0.826 bits per heavy atom. The first-order valence-electron chi connectivity index (χ1n) is 15.7. The molecule has 1 aromatic heterocycles. The van der Waals surface area contributed by atoms with Crippen molar-refractivity contribution in [2.45, 2.75) is 0 Å². The first-order chi connectivity index (χ1) is 22.8. The molecule has 0 unspecified atom stereocenters. The standard InChI is InChI=1S/C44H29NO/c1-3-8-30(9-4-1)32-14-21-36(22-15-32)45(37-23-16-33(17-24-37)31-10-5-2-6-11-31)38-25-18-34(19-26-38)39-28-29-42-44-40(39)27-20-35-12-7-13-41(46-42)43(35)44/h1-29H. The zero-order chi connectivity index (χ0) is 30.5. The summed E-state index contributed by atoms with van der Waals surface area (Å²) in [5, 5.41) is 4.84. The Hall–Kier alpha value is -6.12. The molecule has 0 radical (unpaired) electrons. The van der Waals surface area contributed by atoms with Gasteiger partial charge >= 0.3 is 0 Å². The van der Waals surface area contributed by atoms with Gasteiger partial charge in [-0.2, -0.15) is 0 Å². The molecule has 0 aliphatic carbocycles. The zero-order valence-electron chi connectivity index (χ0n) is 25.1. The zero-order valence-corrected chi connectivity index (χ0v) is 25.1. The molecule has 0 bridgehead atoms. The first kappa shape index (κ1) is 26.3. The van der Waals surface area contributed by atoms with E-state index in [2.05, 4.69) is 181 Å². The highest BCUT2D eigenvalue weighted by molar-refractivity contribution is 6.24. The lowest BCUT2D eigenvalue weighted by atomic mass is 9.94. The number of nitrogens with zero attached hydrogens (tertiary/aromatic N) is 1. The number of hydrogen-bond acceptors (Lipinski definition) is 2. The van der Waals surface area contributed by atoms with E-state index in [1.807, 2.05) is 0 Å². The molecule has 0 N–H and O–H groups in total. The molecular weight excluding hydrogens is 558 g/mol. The van der Waals surface area contributed by atoms with E-state index >= 15 is 0 Å². The molecular formula is C44H29NO. The highest BCUT2D eigenvalue weighted by Crippen LogP contribution is 2.42. The molecule has 0 spiro atoms. The van der Waals surface area contributed by atoms with Gasteiger partial charge < -0.3 is 9.32 Å². The summed E-state index contributed by atoms with van der Waals surface area (Å²) in [5.74, 6) is 0. The van der Waals surface area contributed by atoms with Crippen LogP contribution in [0.5, 0.6) is 0 Å². The predicted octanol–water partition coefficient (Wildman–Crippen LogP) is 12.6. The van der Waals surface area contributed by atoms with Crippen LogP contribution in [0.25, 0.3) is 66.1 Å². The number of hydrogen-bond donors (Lipinski definition) is 0. The van der Waals surface area contributed by atoms with Gasteiger partial charge in [0, 0.05) is 27.8 Å². The Bertz CT molecular complexity index is 2340. The molecule has 0 saturated carbocycles. The van der Waals surface area contributed by atoms with Crippen molar-refractivity contribution in [1.82, 2.24) is 0 Å². The third kappa shape index (κ3) is 4.43. The van der Waals surface area contributed by atoms with Gasteiger partial charge in [0.1, 0.15) is 11.2 Å². The summed E-state index contributed by atoms with van der Waals surface area (Å²) in [6.07, 6.45) is 0. The van der Waals surface area contributed by atoms with E-state index in [9.17, 15) is 0 Å². The van der Waals surface area contributed by atoms with Gasteiger partial charge in [-0.25, -0.2) is 0 Å². The summed E-state index contributed by atoms with van der Waals surface area (Å²) < 4.78 is 6.22. The van der Waals surface area contributed by atoms with E-state index in [1.54, 1.807) is 0 Å². The van der Waals surface area contributed by atoms with Crippen molar-refractivity contribution >= 4 is 49.8 Å². The fourth-order valence-corrected chi connectivity index (χ4v) is 6.80. The lowest BCUT2D eigenvalue weighted by Crippen LogP contribution is -2.09. The Balaban J connectivity index is 1.12. The van der Waals surface area contributed by atoms with Gasteiger partial charge in [-0.15, -0.1) is 0 Å². The van der Waals surface area contributed by atoms with Crippen LogP contribution in [0.15, 0.2) is 180 Å². The molecule has 2 heteroatoms. The Labute approximate surface area is 267 Å². The molecule has 8 aromatic carbocycles. The van der Waals surface area contributed by atoms with Crippen molar-refractivity contribution < 1.29 is 4.42 Å².